The lowest BCUT2D eigenvalue weighted by atomic mass is 10.5. The molecule has 1 atom stereocenters. The van der Waals surface area contributed by atoms with Crippen LogP contribution in [0, 0.1) is 0 Å². The maximum atomic E-state index is 5.61. The molecule has 0 fully saturated rings. The van der Waals surface area contributed by atoms with Crippen molar-refractivity contribution in [2.24, 2.45) is 5.73 Å². The summed E-state index contributed by atoms with van der Waals surface area (Å²) in [7, 11) is 1.84. The lowest BCUT2D eigenvalue weighted by molar-refractivity contribution is 0.361. The van der Waals surface area contributed by atoms with Crippen LogP contribution < -0.4 is 11.2 Å². The summed E-state index contributed by atoms with van der Waals surface area (Å²) in [6, 6.07) is 0. The summed E-state index contributed by atoms with van der Waals surface area (Å²) in [5.74, 6) is 0. The highest BCUT2D eigenvalue weighted by molar-refractivity contribution is 6.22. The minimum Gasteiger partial charge on any atom is -0.398 e. The lowest BCUT2D eigenvalue weighted by Crippen LogP contribution is -2.30. The van der Waals surface area contributed by atoms with Crippen LogP contribution in [0.3, 0.4) is 0 Å². The first-order chi connectivity index (χ1) is 3.70. The summed E-state index contributed by atoms with van der Waals surface area (Å²) in [6.45, 7) is 0. The Bertz CT molecular complexity index is 122. The molecule has 0 aromatic rings. The van der Waals surface area contributed by atoms with Gasteiger partial charge in [-0.3, -0.25) is 0 Å². The maximum Gasteiger partial charge on any atom is 0.140 e. The largest absolute Gasteiger partial charge is 0.398 e. The zero-order valence-corrected chi connectivity index (χ0v) is 5.31. The van der Waals surface area contributed by atoms with E-state index in [1.54, 1.807) is 11.2 Å². The molecule has 1 aliphatic heterocycles. The van der Waals surface area contributed by atoms with Gasteiger partial charge < -0.3 is 10.7 Å². The molecule has 0 saturated heterocycles. The van der Waals surface area contributed by atoms with Crippen molar-refractivity contribution >= 4 is 11.6 Å². The van der Waals surface area contributed by atoms with Crippen LogP contribution in [-0.2, 0) is 0 Å². The van der Waals surface area contributed by atoms with Gasteiger partial charge in [-0.25, -0.2) is 5.43 Å². The summed E-state index contributed by atoms with van der Waals surface area (Å²) in [4.78, 5) is 0. The van der Waals surface area contributed by atoms with E-state index in [1.165, 1.54) is 0 Å². The van der Waals surface area contributed by atoms with Gasteiger partial charge in [-0.05, 0) is 0 Å². The number of hydrazine groups is 1. The molecule has 4 heteroatoms. The third-order valence-corrected chi connectivity index (χ3v) is 1.30. The van der Waals surface area contributed by atoms with E-state index in [0.717, 1.165) is 0 Å². The molecule has 1 aliphatic rings. The maximum absolute atomic E-state index is 5.61. The summed E-state index contributed by atoms with van der Waals surface area (Å²) in [5, 5.41) is 1.73. The van der Waals surface area contributed by atoms with Gasteiger partial charge >= 0.3 is 0 Å². The second-order valence-corrected chi connectivity index (χ2v) is 2.17. The molecule has 0 spiro atoms. The van der Waals surface area contributed by atoms with Crippen LogP contribution in [0.5, 0.6) is 0 Å². The molecule has 3 nitrogen and oxygen atoms in total. The van der Waals surface area contributed by atoms with Gasteiger partial charge in [0.25, 0.3) is 0 Å². The topological polar surface area (TPSA) is 41.3 Å². The molecule has 1 heterocycles. The van der Waals surface area contributed by atoms with E-state index in [-0.39, 0.29) is 5.50 Å². The molecule has 0 saturated carbocycles. The second kappa shape index (κ2) is 1.84. The first-order valence-electron chi connectivity index (χ1n) is 2.30. The Morgan fingerprint density at radius 3 is 2.75 bits per heavy atom. The third-order valence-electron chi connectivity index (χ3n) is 0.952. The third kappa shape index (κ3) is 0.877. The van der Waals surface area contributed by atoms with Crippen LogP contribution in [0.15, 0.2) is 11.9 Å². The fourth-order valence-electron chi connectivity index (χ4n) is 0.580. The van der Waals surface area contributed by atoms with Crippen LogP contribution in [0.4, 0.5) is 0 Å². The molecule has 0 aliphatic carbocycles. The number of alkyl halides is 1. The van der Waals surface area contributed by atoms with E-state index >= 15 is 0 Å². The number of halogens is 1. The Kier molecular flexibility index (Phi) is 1.31. The summed E-state index contributed by atoms with van der Waals surface area (Å²) >= 11 is 5.61. The molecular formula is C4H8ClN3. The van der Waals surface area contributed by atoms with E-state index in [1.807, 2.05) is 7.05 Å². The fourth-order valence-corrected chi connectivity index (χ4v) is 0.790. The van der Waals surface area contributed by atoms with Crippen molar-refractivity contribution in [1.29, 1.82) is 0 Å². The van der Waals surface area contributed by atoms with Crippen LogP contribution in [0.2, 0.25) is 0 Å². The molecule has 0 bridgehead atoms. The Hall–Kier alpha value is -0.410. The first-order valence-corrected chi connectivity index (χ1v) is 2.74. The molecule has 46 valence electrons. The zero-order chi connectivity index (χ0) is 6.15. The van der Waals surface area contributed by atoms with Crippen molar-refractivity contribution in [2.45, 2.75) is 5.50 Å². The average Bonchev–Trinajstić information content (AvgIpc) is 1.85. The zero-order valence-electron chi connectivity index (χ0n) is 4.56. The van der Waals surface area contributed by atoms with E-state index in [4.69, 9.17) is 17.3 Å². The minimum absolute atomic E-state index is 0.222. The number of nitrogens with two attached hydrogens (primary N) is 1. The number of nitrogens with zero attached hydrogens (tertiary/aromatic N) is 1. The van der Waals surface area contributed by atoms with Gasteiger partial charge in [0.1, 0.15) is 5.50 Å². The van der Waals surface area contributed by atoms with Crippen molar-refractivity contribution in [3.63, 3.8) is 0 Å². The van der Waals surface area contributed by atoms with Gasteiger partial charge in [0.2, 0.25) is 0 Å². The van der Waals surface area contributed by atoms with Crippen molar-refractivity contribution in [1.82, 2.24) is 10.4 Å². The lowest BCUT2D eigenvalue weighted by Gasteiger charge is -2.08. The standard InChI is InChI=1S/C4H8ClN3/c1-8-2-3(6)4(5)7-8/h2,4,7H,6H2,1H3. The highest BCUT2D eigenvalue weighted by Gasteiger charge is 2.14. The summed E-state index contributed by atoms with van der Waals surface area (Å²) in [5.41, 5.74) is 8.68. The number of hydrogen-bond acceptors (Lipinski definition) is 3. The molecular weight excluding hydrogens is 126 g/mol. The van der Waals surface area contributed by atoms with Gasteiger partial charge in [0.05, 0.1) is 5.70 Å². The Balaban J connectivity index is 2.59. The van der Waals surface area contributed by atoms with Crippen molar-refractivity contribution in [2.75, 3.05) is 7.05 Å². The fraction of sp³-hybridized carbons (Fsp3) is 0.500. The Labute approximate surface area is 53.1 Å². The molecule has 0 aromatic heterocycles. The average molecular weight is 134 g/mol. The van der Waals surface area contributed by atoms with Crippen LogP contribution in [0.25, 0.3) is 0 Å². The summed E-state index contributed by atoms with van der Waals surface area (Å²) in [6.07, 6.45) is 1.75. The summed E-state index contributed by atoms with van der Waals surface area (Å²) < 4.78 is 0. The minimum atomic E-state index is -0.222. The molecule has 0 radical (unpaired) electrons. The van der Waals surface area contributed by atoms with Gasteiger partial charge in [0.15, 0.2) is 0 Å². The second-order valence-electron chi connectivity index (χ2n) is 1.73. The molecule has 3 N–H and O–H groups in total. The SMILES string of the molecule is CN1C=C(N)C(Cl)N1. The van der Waals surface area contributed by atoms with Gasteiger partial charge in [-0.1, -0.05) is 11.6 Å². The number of nitrogens with one attached hydrogen (secondary N) is 1. The van der Waals surface area contributed by atoms with E-state index in [2.05, 4.69) is 5.43 Å². The first kappa shape index (κ1) is 5.72. The molecule has 1 rings (SSSR count). The van der Waals surface area contributed by atoms with Crippen molar-refractivity contribution in [3.8, 4) is 0 Å². The Morgan fingerprint density at radius 2 is 2.62 bits per heavy atom. The van der Waals surface area contributed by atoms with E-state index in [9.17, 15) is 0 Å². The van der Waals surface area contributed by atoms with Crippen LogP contribution in [0.1, 0.15) is 0 Å². The monoisotopic (exact) mass is 133 g/mol. The predicted octanol–water partition coefficient (Wildman–Crippen LogP) is -0.199. The smallest absolute Gasteiger partial charge is 0.140 e. The van der Waals surface area contributed by atoms with Gasteiger partial charge in [-0.2, -0.15) is 0 Å². The number of hydrogen-bond donors (Lipinski definition) is 2. The van der Waals surface area contributed by atoms with E-state index < -0.39 is 0 Å². The van der Waals surface area contributed by atoms with Gasteiger partial charge in [0, 0.05) is 13.2 Å². The van der Waals surface area contributed by atoms with E-state index in [0.29, 0.717) is 5.70 Å². The van der Waals surface area contributed by atoms with Crippen molar-refractivity contribution in [3.05, 3.63) is 11.9 Å². The molecule has 8 heavy (non-hydrogen) atoms. The van der Waals surface area contributed by atoms with Gasteiger partial charge in [-0.15, -0.1) is 0 Å². The Morgan fingerprint density at radius 1 is 2.00 bits per heavy atom. The molecule has 0 aromatic carbocycles. The highest BCUT2D eigenvalue weighted by atomic mass is 35.5. The van der Waals surface area contributed by atoms with Crippen molar-refractivity contribution < 1.29 is 0 Å². The van der Waals surface area contributed by atoms with Crippen LogP contribution in [-0.4, -0.2) is 17.6 Å². The molecule has 0 amide bonds. The predicted molar refractivity (Wildman–Crippen MR) is 32.8 cm³/mol. The quantitative estimate of drug-likeness (QED) is 0.355. The highest BCUT2D eigenvalue weighted by Crippen LogP contribution is 2.07. The number of rotatable bonds is 0. The molecule has 1 unspecified atom stereocenters. The normalized spacial score (nSPS) is 28.5. The van der Waals surface area contributed by atoms with Crippen LogP contribution >= 0.6 is 11.6 Å².